The van der Waals surface area contributed by atoms with Crippen LogP contribution in [-0.4, -0.2) is 50.2 Å². The summed E-state index contributed by atoms with van der Waals surface area (Å²) in [7, 11) is 1.87. The largest absolute Gasteiger partial charge is 0.342 e. The number of hydrogen-bond donors (Lipinski definition) is 2. The van der Waals surface area contributed by atoms with Gasteiger partial charge in [0.2, 0.25) is 5.91 Å². The first-order valence-electron chi connectivity index (χ1n) is 10.1. The van der Waals surface area contributed by atoms with E-state index < -0.39 is 0 Å². The van der Waals surface area contributed by atoms with Crippen molar-refractivity contribution >= 4 is 22.6 Å². The molecule has 2 N–H and O–H groups in total. The lowest BCUT2D eigenvalue weighted by Gasteiger charge is -2.31. The zero-order valence-electron chi connectivity index (χ0n) is 17.1. The molecule has 3 aromatic rings. The lowest BCUT2D eigenvalue weighted by Crippen LogP contribution is -2.41. The van der Waals surface area contributed by atoms with Crippen molar-refractivity contribution in [2.24, 2.45) is 13.0 Å². The molecule has 0 bridgehead atoms. The van der Waals surface area contributed by atoms with Crippen LogP contribution in [0.15, 0.2) is 18.2 Å². The second-order valence-electron chi connectivity index (χ2n) is 8.01. The van der Waals surface area contributed by atoms with Crippen molar-refractivity contribution in [2.75, 3.05) is 25.0 Å². The number of anilines is 1. The molecule has 29 heavy (non-hydrogen) atoms. The number of benzene rings is 1. The summed E-state index contributed by atoms with van der Waals surface area (Å²) < 4.78 is 15.2. The van der Waals surface area contributed by atoms with Crippen LogP contribution in [0.3, 0.4) is 0 Å². The van der Waals surface area contributed by atoms with Gasteiger partial charge in [-0.05, 0) is 57.4 Å². The zero-order chi connectivity index (χ0) is 20.5. The summed E-state index contributed by atoms with van der Waals surface area (Å²) in [5, 5.41) is 7.36. The molecular weight excluding hydrogens is 371 g/mol. The molecule has 4 rings (SSSR count). The van der Waals surface area contributed by atoms with E-state index in [2.05, 4.69) is 25.3 Å². The Labute approximate surface area is 169 Å². The van der Waals surface area contributed by atoms with Crippen LogP contribution in [-0.2, 0) is 18.3 Å². The number of amides is 1. The van der Waals surface area contributed by atoms with Gasteiger partial charge < -0.3 is 10.3 Å². The van der Waals surface area contributed by atoms with Crippen LogP contribution in [0.5, 0.6) is 0 Å². The van der Waals surface area contributed by atoms with Gasteiger partial charge in [-0.3, -0.25) is 14.4 Å². The number of piperidine rings is 1. The molecular formula is C21H27FN6O. The fraction of sp³-hybridized carbons (Fsp3) is 0.476. The standard InChI is InChI=1S/C21H27FN6O/c1-13-21(14(2)27(3)26-13)25-20(29)12-28-8-4-5-15(11-28)9-19-23-17-7-6-16(22)10-18(17)24-19/h6-7,10,15H,4-5,8-9,11-12H2,1-3H3,(H,23,24)(H,25,29). The number of carbonyl (C=O) groups is 1. The van der Waals surface area contributed by atoms with Crippen LogP contribution >= 0.6 is 0 Å². The van der Waals surface area contributed by atoms with E-state index in [0.29, 0.717) is 12.5 Å². The number of nitrogens with one attached hydrogen (secondary N) is 2. The summed E-state index contributed by atoms with van der Waals surface area (Å²) in [5.41, 5.74) is 4.11. The van der Waals surface area contributed by atoms with Crippen LogP contribution in [0.1, 0.15) is 30.1 Å². The van der Waals surface area contributed by atoms with Crippen LogP contribution < -0.4 is 5.32 Å². The van der Waals surface area contributed by atoms with Crippen molar-refractivity contribution in [3.8, 4) is 0 Å². The van der Waals surface area contributed by atoms with Crippen LogP contribution in [0.2, 0.25) is 0 Å². The molecule has 1 amide bonds. The van der Waals surface area contributed by atoms with Crippen molar-refractivity contribution in [1.82, 2.24) is 24.6 Å². The predicted octanol–water partition coefficient (Wildman–Crippen LogP) is 2.95. The normalized spacial score (nSPS) is 17.7. The minimum Gasteiger partial charge on any atom is -0.342 e. The smallest absolute Gasteiger partial charge is 0.238 e. The van der Waals surface area contributed by atoms with E-state index in [1.54, 1.807) is 10.7 Å². The van der Waals surface area contributed by atoms with Gasteiger partial charge >= 0.3 is 0 Å². The second kappa shape index (κ2) is 7.94. The van der Waals surface area contributed by atoms with Crippen molar-refractivity contribution in [3.05, 3.63) is 41.2 Å². The minimum atomic E-state index is -0.262. The molecule has 1 aromatic carbocycles. The van der Waals surface area contributed by atoms with E-state index >= 15 is 0 Å². The molecule has 0 spiro atoms. The summed E-state index contributed by atoms with van der Waals surface area (Å²) >= 11 is 0. The van der Waals surface area contributed by atoms with E-state index in [4.69, 9.17) is 0 Å². The summed E-state index contributed by atoms with van der Waals surface area (Å²) in [6, 6.07) is 4.61. The second-order valence-corrected chi connectivity index (χ2v) is 8.01. The van der Waals surface area contributed by atoms with Crippen LogP contribution in [0, 0.1) is 25.6 Å². The molecule has 8 heteroatoms. The van der Waals surface area contributed by atoms with Gasteiger partial charge in [0.05, 0.1) is 34.7 Å². The molecule has 1 atom stereocenters. The number of aryl methyl sites for hydroxylation is 2. The monoisotopic (exact) mass is 398 g/mol. The van der Waals surface area contributed by atoms with E-state index in [-0.39, 0.29) is 11.7 Å². The highest BCUT2D eigenvalue weighted by atomic mass is 19.1. The van der Waals surface area contributed by atoms with Gasteiger partial charge in [-0.1, -0.05) is 0 Å². The summed E-state index contributed by atoms with van der Waals surface area (Å²) in [5.74, 6) is 1.03. The fourth-order valence-corrected chi connectivity index (χ4v) is 4.20. The van der Waals surface area contributed by atoms with Gasteiger partial charge in [0, 0.05) is 20.0 Å². The molecule has 0 saturated carbocycles. The number of rotatable bonds is 5. The quantitative estimate of drug-likeness (QED) is 0.693. The molecule has 0 aliphatic carbocycles. The third kappa shape index (κ3) is 4.32. The van der Waals surface area contributed by atoms with E-state index in [9.17, 15) is 9.18 Å². The molecule has 7 nitrogen and oxygen atoms in total. The summed E-state index contributed by atoms with van der Waals surface area (Å²) in [4.78, 5) is 22.6. The Morgan fingerprint density at radius 2 is 2.21 bits per heavy atom. The Kier molecular flexibility index (Phi) is 5.36. The van der Waals surface area contributed by atoms with E-state index in [0.717, 1.165) is 66.3 Å². The van der Waals surface area contributed by atoms with Crippen molar-refractivity contribution in [3.63, 3.8) is 0 Å². The van der Waals surface area contributed by atoms with E-state index in [1.165, 1.54) is 12.1 Å². The lowest BCUT2D eigenvalue weighted by atomic mass is 9.94. The van der Waals surface area contributed by atoms with Crippen molar-refractivity contribution in [1.29, 1.82) is 0 Å². The Morgan fingerprint density at radius 1 is 1.38 bits per heavy atom. The lowest BCUT2D eigenvalue weighted by molar-refractivity contribution is -0.117. The van der Waals surface area contributed by atoms with Gasteiger partial charge in [0.1, 0.15) is 11.6 Å². The Bertz CT molecular complexity index is 1040. The van der Waals surface area contributed by atoms with E-state index in [1.807, 2.05) is 20.9 Å². The first kappa shape index (κ1) is 19.6. The number of hydrogen-bond acceptors (Lipinski definition) is 4. The number of H-pyrrole nitrogens is 1. The van der Waals surface area contributed by atoms with Gasteiger partial charge in [0.15, 0.2) is 0 Å². The predicted molar refractivity (Wildman–Crippen MR) is 110 cm³/mol. The number of fused-ring (bicyclic) bond motifs is 1. The third-order valence-corrected chi connectivity index (χ3v) is 5.72. The molecule has 154 valence electrons. The molecule has 1 unspecified atom stereocenters. The maximum Gasteiger partial charge on any atom is 0.238 e. The molecule has 2 aromatic heterocycles. The molecule has 1 aliphatic heterocycles. The molecule has 1 aliphatic rings. The Hall–Kier alpha value is -2.74. The third-order valence-electron chi connectivity index (χ3n) is 5.72. The zero-order valence-corrected chi connectivity index (χ0v) is 17.1. The fourth-order valence-electron chi connectivity index (χ4n) is 4.20. The highest BCUT2D eigenvalue weighted by Crippen LogP contribution is 2.22. The number of aromatic nitrogens is 4. The molecule has 1 saturated heterocycles. The topological polar surface area (TPSA) is 78.8 Å². The Balaban J connectivity index is 1.35. The van der Waals surface area contributed by atoms with Gasteiger partial charge in [-0.15, -0.1) is 0 Å². The Morgan fingerprint density at radius 3 is 2.97 bits per heavy atom. The number of aromatic amines is 1. The molecule has 1 fully saturated rings. The van der Waals surface area contributed by atoms with Crippen LogP contribution in [0.4, 0.5) is 10.1 Å². The number of likely N-dealkylation sites (tertiary alicyclic amines) is 1. The average Bonchev–Trinajstić information content (AvgIpc) is 3.16. The van der Waals surface area contributed by atoms with Gasteiger partial charge in [-0.2, -0.15) is 5.10 Å². The summed E-state index contributed by atoms with van der Waals surface area (Å²) in [6.45, 7) is 5.99. The maximum atomic E-state index is 13.4. The molecule has 0 radical (unpaired) electrons. The number of nitrogens with zero attached hydrogens (tertiary/aromatic N) is 4. The maximum absolute atomic E-state index is 13.4. The highest BCUT2D eigenvalue weighted by molar-refractivity contribution is 5.93. The molecule has 3 heterocycles. The van der Waals surface area contributed by atoms with Crippen LogP contribution in [0.25, 0.3) is 11.0 Å². The summed E-state index contributed by atoms with van der Waals surface area (Å²) in [6.07, 6.45) is 2.96. The number of imidazole rings is 1. The SMILES string of the molecule is Cc1nn(C)c(C)c1NC(=O)CN1CCCC(Cc2nc3ccc(F)cc3[nH]2)C1. The number of halogens is 1. The average molecular weight is 398 g/mol. The first-order valence-corrected chi connectivity index (χ1v) is 10.1. The highest BCUT2D eigenvalue weighted by Gasteiger charge is 2.23. The van der Waals surface area contributed by atoms with Gasteiger partial charge in [-0.25, -0.2) is 9.37 Å². The number of carbonyl (C=O) groups excluding carboxylic acids is 1. The van der Waals surface area contributed by atoms with Crippen molar-refractivity contribution < 1.29 is 9.18 Å². The minimum absolute atomic E-state index is 0.0101. The van der Waals surface area contributed by atoms with Gasteiger partial charge in [0.25, 0.3) is 0 Å². The van der Waals surface area contributed by atoms with Crippen molar-refractivity contribution in [2.45, 2.75) is 33.1 Å². The first-order chi connectivity index (χ1) is 13.9.